The van der Waals surface area contributed by atoms with E-state index in [0.717, 1.165) is 32.4 Å². The highest BCUT2D eigenvalue weighted by Crippen LogP contribution is 1.98. The average molecular weight is 200 g/mol. The topological polar surface area (TPSA) is 32.3 Å². The maximum atomic E-state index is 11.7. The Kier molecular flexibility index (Phi) is 7.25. The van der Waals surface area contributed by atoms with E-state index in [-0.39, 0.29) is 12.1 Å². The minimum atomic E-state index is 0.0790. The van der Waals surface area contributed by atoms with Gasteiger partial charge >= 0.3 is 6.03 Å². The van der Waals surface area contributed by atoms with Gasteiger partial charge in [0.05, 0.1) is 0 Å². The van der Waals surface area contributed by atoms with Gasteiger partial charge in [-0.3, -0.25) is 0 Å². The fourth-order valence-electron chi connectivity index (χ4n) is 1.27. The van der Waals surface area contributed by atoms with Gasteiger partial charge < -0.3 is 10.2 Å². The van der Waals surface area contributed by atoms with Crippen molar-refractivity contribution < 1.29 is 4.79 Å². The quantitative estimate of drug-likeness (QED) is 0.702. The molecule has 0 heterocycles. The Hall–Kier alpha value is -0.730. The maximum Gasteiger partial charge on any atom is 0.317 e. The second-order valence-corrected chi connectivity index (χ2v) is 3.94. The predicted octanol–water partition coefficient (Wildman–Crippen LogP) is 2.62. The van der Waals surface area contributed by atoms with Gasteiger partial charge in [-0.25, -0.2) is 4.79 Å². The number of urea groups is 1. The third-order valence-corrected chi connectivity index (χ3v) is 1.97. The fourth-order valence-corrected chi connectivity index (χ4v) is 1.27. The first kappa shape index (κ1) is 13.3. The molecule has 84 valence electrons. The summed E-state index contributed by atoms with van der Waals surface area (Å²) in [5.74, 6) is 0. The Labute approximate surface area is 87.9 Å². The van der Waals surface area contributed by atoms with Crippen LogP contribution in [0, 0.1) is 0 Å². The lowest BCUT2D eigenvalue weighted by atomic mass is 10.3. The minimum Gasteiger partial charge on any atom is -0.336 e. The second kappa shape index (κ2) is 7.65. The molecule has 0 rings (SSSR count). The molecule has 0 saturated carbocycles. The van der Waals surface area contributed by atoms with Crippen molar-refractivity contribution in [1.29, 1.82) is 0 Å². The molecule has 0 aromatic rings. The molecule has 0 aliphatic rings. The van der Waals surface area contributed by atoms with Gasteiger partial charge in [-0.05, 0) is 26.7 Å². The molecule has 0 radical (unpaired) electrons. The number of unbranched alkanes of at least 4 members (excludes halogenated alkanes) is 1. The first-order valence-corrected chi connectivity index (χ1v) is 5.67. The van der Waals surface area contributed by atoms with Gasteiger partial charge in [0.15, 0.2) is 0 Å². The molecule has 1 N–H and O–H groups in total. The highest BCUT2D eigenvalue weighted by Gasteiger charge is 2.11. The van der Waals surface area contributed by atoms with Gasteiger partial charge in [0.1, 0.15) is 0 Å². The van der Waals surface area contributed by atoms with E-state index < -0.39 is 0 Å². The molecule has 0 aliphatic carbocycles. The summed E-state index contributed by atoms with van der Waals surface area (Å²) in [5, 5.41) is 2.92. The normalized spacial score (nSPS) is 10.4. The van der Waals surface area contributed by atoms with Crippen molar-refractivity contribution in [3.8, 4) is 0 Å². The molecular weight excluding hydrogens is 176 g/mol. The summed E-state index contributed by atoms with van der Waals surface area (Å²) >= 11 is 0. The Balaban J connectivity index is 3.97. The van der Waals surface area contributed by atoms with Crippen LogP contribution in [0.25, 0.3) is 0 Å². The van der Waals surface area contributed by atoms with Crippen molar-refractivity contribution in [2.75, 3.05) is 13.1 Å². The molecule has 14 heavy (non-hydrogen) atoms. The van der Waals surface area contributed by atoms with Crippen molar-refractivity contribution in [2.24, 2.45) is 0 Å². The minimum absolute atomic E-state index is 0.0790. The van der Waals surface area contributed by atoms with E-state index in [1.807, 2.05) is 18.7 Å². The molecule has 0 atom stereocenters. The number of carbonyl (C=O) groups is 1. The summed E-state index contributed by atoms with van der Waals surface area (Å²) in [6, 6.07) is 0.304. The molecule has 0 aliphatic heterocycles. The van der Waals surface area contributed by atoms with E-state index in [1.54, 1.807) is 0 Å². The smallest absolute Gasteiger partial charge is 0.317 e. The predicted molar refractivity (Wildman–Crippen MR) is 60.4 cm³/mol. The standard InChI is InChI=1S/C11H24N2O/c1-5-7-9-13(8-6-2)11(14)12-10(3)4/h10H,5-9H2,1-4H3,(H,12,14). The summed E-state index contributed by atoms with van der Waals surface area (Å²) in [4.78, 5) is 13.6. The zero-order valence-corrected chi connectivity index (χ0v) is 9.97. The molecule has 2 amide bonds. The van der Waals surface area contributed by atoms with Crippen molar-refractivity contribution in [2.45, 2.75) is 53.0 Å². The van der Waals surface area contributed by atoms with Crippen molar-refractivity contribution >= 4 is 6.03 Å². The van der Waals surface area contributed by atoms with Crippen LogP contribution in [0.4, 0.5) is 4.79 Å². The molecule has 0 fully saturated rings. The van der Waals surface area contributed by atoms with Crippen LogP contribution < -0.4 is 5.32 Å². The number of rotatable bonds is 6. The molecule has 0 spiro atoms. The molecular formula is C11H24N2O. The molecule has 0 aromatic heterocycles. The molecule has 3 heteroatoms. The zero-order valence-electron chi connectivity index (χ0n) is 9.97. The zero-order chi connectivity index (χ0) is 11.0. The Morgan fingerprint density at radius 1 is 1.21 bits per heavy atom. The van der Waals surface area contributed by atoms with Crippen molar-refractivity contribution in [3.63, 3.8) is 0 Å². The van der Waals surface area contributed by atoms with E-state index in [4.69, 9.17) is 0 Å². The van der Waals surface area contributed by atoms with Gasteiger partial charge in [0.2, 0.25) is 0 Å². The summed E-state index contributed by atoms with van der Waals surface area (Å²) in [6.07, 6.45) is 3.25. The number of nitrogens with one attached hydrogen (secondary N) is 1. The number of hydrogen-bond acceptors (Lipinski definition) is 1. The molecule has 0 saturated heterocycles. The van der Waals surface area contributed by atoms with Gasteiger partial charge in [0, 0.05) is 19.1 Å². The number of amides is 2. The third-order valence-electron chi connectivity index (χ3n) is 1.97. The number of hydrogen-bond donors (Lipinski definition) is 1. The molecule has 0 unspecified atom stereocenters. The van der Waals surface area contributed by atoms with Gasteiger partial charge in [-0.2, -0.15) is 0 Å². The largest absolute Gasteiger partial charge is 0.336 e. The van der Waals surface area contributed by atoms with Crippen LogP contribution in [-0.2, 0) is 0 Å². The van der Waals surface area contributed by atoms with E-state index in [2.05, 4.69) is 19.2 Å². The number of carbonyl (C=O) groups excluding carboxylic acids is 1. The van der Waals surface area contributed by atoms with E-state index in [0.29, 0.717) is 0 Å². The van der Waals surface area contributed by atoms with Crippen LogP contribution in [0.5, 0.6) is 0 Å². The monoisotopic (exact) mass is 200 g/mol. The maximum absolute atomic E-state index is 11.7. The third kappa shape index (κ3) is 5.84. The summed E-state index contributed by atoms with van der Waals surface area (Å²) in [5.41, 5.74) is 0. The summed E-state index contributed by atoms with van der Waals surface area (Å²) < 4.78 is 0. The van der Waals surface area contributed by atoms with Crippen LogP contribution in [0.15, 0.2) is 0 Å². The second-order valence-electron chi connectivity index (χ2n) is 3.94. The van der Waals surface area contributed by atoms with E-state index in [9.17, 15) is 4.79 Å². The Bertz CT molecular complexity index is 157. The Morgan fingerprint density at radius 2 is 1.86 bits per heavy atom. The van der Waals surface area contributed by atoms with Gasteiger partial charge in [-0.15, -0.1) is 0 Å². The van der Waals surface area contributed by atoms with Crippen LogP contribution in [0.1, 0.15) is 47.0 Å². The lowest BCUT2D eigenvalue weighted by Crippen LogP contribution is -2.43. The molecule has 3 nitrogen and oxygen atoms in total. The van der Waals surface area contributed by atoms with Crippen LogP contribution in [0.2, 0.25) is 0 Å². The Morgan fingerprint density at radius 3 is 2.29 bits per heavy atom. The molecule has 0 bridgehead atoms. The van der Waals surface area contributed by atoms with Crippen LogP contribution >= 0.6 is 0 Å². The highest BCUT2D eigenvalue weighted by atomic mass is 16.2. The average Bonchev–Trinajstić information content (AvgIpc) is 2.10. The highest BCUT2D eigenvalue weighted by molar-refractivity contribution is 5.74. The molecule has 0 aromatic carbocycles. The summed E-state index contributed by atoms with van der Waals surface area (Å²) in [6.45, 7) is 9.96. The van der Waals surface area contributed by atoms with Crippen LogP contribution in [-0.4, -0.2) is 30.1 Å². The van der Waals surface area contributed by atoms with Crippen molar-refractivity contribution in [1.82, 2.24) is 10.2 Å². The number of nitrogens with zero attached hydrogens (tertiary/aromatic N) is 1. The first-order valence-electron chi connectivity index (χ1n) is 5.67. The fraction of sp³-hybridized carbons (Fsp3) is 0.909. The lowest BCUT2D eigenvalue weighted by molar-refractivity contribution is 0.194. The van der Waals surface area contributed by atoms with Crippen molar-refractivity contribution in [3.05, 3.63) is 0 Å². The van der Waals surface area contributed by atoms with Gasteiger partial charge in [-0.1, -0.05) is 20.3 Å². The SMILES string of the molecule is CCCCN(CCC)C(=O)NC(C)C. The van der Waals surface area contributed by atoms with E-state index >= 15 is 0 Å². The lowest BCUT2D eigenvalue weighted by Gasteiger charge is -2.23. The van der Waals surface area contributed by atoms with Crippen LogP contribution in [0.3, 0.4) is 0 Å². The first-order chi connectivity index (χ1) is 6.61. The van der Waals surface area contributed by atoms with Gasteiger partial charge in [0.25, 0.3) is 0 Å². The summed E-state index contributed by atoms with van der Waals surface area (Å²) in [7, 11) is 0. The van der Waals surface area contributed by atoms with E-state index in [1.165, 1.54) is 0 Å².